The molecule has 1 aliphatic rings. The van der Waals surface area contributed by atoms with Crippen molar-refractivity contribution in [1.82, 2.24) is 10.6 Å². The summed E-state index contributed by atoms with van der Waals surface area (Å²) in [5.41, 5.74) is -0.237. The van der Waals surface area contributed by atoms with Gasteiger partial charge in [0.15, 0.2) is 0 Å². The van der Waals surface area contributed by atoms with Gasteiger partial charge in [-0.15, -0.1) is 26.3 Å². The molecule has 12 heteroatoms. The molecule has 206 valence electrons. The van der Waals surface area contributed by atoms with E-state index in [9.17, 15) is 35.9 Å². The lowest BCUT2D eigenvalue weighted by molar-refractivity contribution is -0.275. The molecule has 1 heterocycles. The summed E-state index contributed by atoms with van der Waals surface area (Å²) in [5, 5.41) is 5.16. The normalized spacial score (nSPS) is 15.6. The van der Waals surface area contributed by atoms with Crippen molar-refractivity contribution >= 4 is 11.8 Å². The molecule has 4 rings (SSSR count). The fraction of sp³-hybridized carbons (Fsp3) is 0.259. The Morgan fingerprint density at radius 2 is 1.33 bits per heavy atom. The van der Waals surface area contributed by atoms with E-state index >= 15 is 0 Å². The minimum atomic E-state index is -4.99. The Bertz CT molecular complexity index is 1260. The van der Waals surface area contributed by atoms with Crippen LogP contribution in [0.3, 0.4) is 0 Å². The quantitative estimate of drug-likeness (QED) is 0.289. The standard InChI is InChI=1S/C27H22F6N2O4/c28-26(29,30)38-20-10-4-8-18(12-20)25(15-17-6-2-1-3-7-17,16-34-24(37)22-14-23(36)35-22)19-9-5-11-21(13-19)39-27(31,32)33/h1-13,22H,14-16H2,(H,34,37)(H,35,36). The summed E-state index contributed by atoms with van der Waals surface area (Å²) in [7, 11) is 0. The van der Waals surface area contributed by atoms with E-state index in [2.05, 4.69) is 20.1 Å². The fourth-order valence-corrected chi connectivity index (χ4v) is 4.44. The number of hydrogen-bond donors (Lipinski definition) is 2. The number of nitrogens with one attached hydrogen (secondary N) is 2. The van der Waals surface area contributed by atoms with E-state index in [0.717, 1.165) is 24.3 Å². The molecule has 0 aromatic heterocycles. The molecular formula is C27H22F6N2O4. The summed E-state index contributed by atoms with van der Waals surface area (Å²) >= 11 is 0. The number of carbonyl (C=O) groups excluding carboxylic acids is 2. The van der Waals surface area contributed by atoms with Crippen LogP contribution in [0.5, 0.6) is 11.5 Å². The smallest absolute Gasteiger partial charge is 0.406 e. The van der Waals surface area contributed by atoms with Crippen LogP contribution in [0.15, 0.2) is 78.9 Å². The van der Waals surface area contributed by atoms with Crippen LogP contribution in [0.2, 0.25) is 0 Å². The lowest BCUT2D eigenvalue weighted by Gasteiger charge is -2.37. The number of ether oxygens (including phenoxy) is 2. The van der Waals surface area contributed by atoms with Crippen molar-refractivity contribution in [3.63, 3.8) is 0 Å². The van der Waals surface area contributed by atoms with Gasteiger partial charge >= 0.3 is 12.7 Å². The minimum Gasteiger partial charge on any atom is -0.406 e. The highest BCUT2D eigenvalue weighted by molar-refractivity contribution is 5.97. The topological polar surface area (TPSA) is 76.7 Å². The number of hydrogen-bond acceptors (Lipinski definition) is 4. The summed E-state index contributed by atoms with van der Waals surface area (Å²) in [6, 6.07) is 18.0. The highest BCUT2D eigenvalue weighted by atomic mass is 19.4. The predicted molar refractivity (Wildman–Crippen MR) is 127 cm³/mol. The molecule has 2 amide bonds. The number of benzene rings is 3. The maximum atomic E-state index is 13.0. The van der Waals surface area contributed by atoms with Gasteiger partial charge in [-0.2, -0.15) is 0 Å². The van der Waals surface area contributed by atoms with Crippen LogP contribution in [-0.2, 0) is 21.4 Å². The fourth-order valence-electron chi connectivity index (χ4n) is 4.44. The van der Waals surface area contributed by atoms with E-state index in [0.29, 0.717) is 5.56 Å². The molecule has 1 unspecified atom stereocenters. The van der Waals surface area contributed by atoms with Gasteiger partial charge in [-0.3, -0.25) is 9.59 Å². The second-order valence-electron chi connectivity index (χ2n) is 8.94. The summed E-state index contributed by atoms with van der Waals surface area (Å²) < 4.78 is 86.4. The van der Waals surface area contributed by atoms with Crippen molar-refractivity contribution < 1.29 is 45.4 Å². The Kier molecular flexibility index (Phi) is 7.75. The van der Waals surface area contributed by atoms with E-state index in [1.807, 2.05) is 0 Å². The summed E-state index contributed by atoms with van der Waals surface area (Å²) in [6.45, 7) is -0.238. The van der Waals surface area contributed by atoms with E-state index in [4.69, 9.17) is 0 Å². The van der Waals surface area contributed by atoms with Crippen molar-refractivity contribution in [2.45, 2.75) is 37.0 Å². The van der Waals surface area contributed by atoms with Crippen LogP contribution in [0, 0.1) is 0 Å². The zero-order chi connectivity index (χ0) is 28.3. The van der Waals surface area contributed by atoms with E-state index < -0.39 is 41.6 Å². The minimum absolute atomic E-state index is 0.0403. The van der Waals surface area contributed by atoms with Crippen molar-refractivity contribution in [2.75, 3.05) is 6.54 Å². The monoisotopic (exact) mass is 552 g/mol. The lowest BCUT2D eigenvalue weighted by Crippen LogP contribution is -2.58. The third kappa shape index (κ3) is 7.21. The third-order valence-corrected chi connectivity index (χ3v) is 6.19. The predicted octanol–water partition coefficient (Wildman–Crippen LogP) is 5.02. The molecule has 1 saturated heterocycles. The first-order chi connectivity index (χ1) is 18.3. The zero-order valence-electron chi connectivity index (χ0n) is 20.1. The molecule has 3 aromatic rings. The molecule has 1 aliphatic heterocycles. The lowest BCUT2D eigenvalue weighted by atomic mass is 9.70. The van der Waals surface area contributed by atoms with Crippen LogP contribution in [-0.4, -0.2) is 37.1 Å². The number of β-lactam (4-membered cyclic amide) rings is 1. The van der Waals surface area contributed by atoms with Gasteiger partial charge in [-0.05, 0) is 47.4 Å². The zero-order valence-corrected chi connectivity index (χ0v) is 20.1. The average molecular weight is 552 g/mol. The van der Waals surface area contributed by atoms with Gasteiger partial charge in [0.2, 0.25) is 11.8 Å². The molecule has 0 spiro atoms. The Morgan fingerprint density at radius 1 is 0.821 bits per heavy atom. The SMILES string of the molecule is O=C1CC(C(=O)NCC(Cc2ccccc2)(c2cccc(OC(F)(F)F)c2)c2cccc(OC(F)(F)F)c2)N1. The molecule has 0 radical (unpaired) electrons. The number of amides is 2. The van der Waals surface area contributed by atoms with Crippen molar-refractivity contribution in [2.24, 2.45) is 0 Å². The highest BCUT2D eigenvalue weighted by Crippen LogP contribution is 2.40. The van der Waals surface area contributed by atoms with Gasteiger partial charge in [-0.1, -0.05) is 54.6 Å². The first-order valence-corrected chi connectivity index (χ1v) is 11.7. The summed E-state index contributed by atoms with van der Waals surface area (Å²) in [5.74, 6) is -1.95. The third-order valence-electron chi connectivity index (χ3n) is 6.19. The molecule has 3 aromatic carbocycles. The van der Waals surface area contributed by atoms with Crippen LogP contribution in [0.4, 0.5) is 26.3 Å². The number of rotatable bonds is 9. The maximum absolute atomic E-state index is 13.0. The highest BCUT2D eigenvalue weighted by Gasteiger charge is 2.40. The van der Waals surface area contributed by atoms with Crippen molar-refractivity contribution in [1.29, 1.82) is 0 Å². The molecule has 1 fully saturated rings. The number of carbonyl (C=O) groups is 2. The molecule has 0 aliphatic carbocycles. The Balaban J connectivity index is 1.84. The second kappa shape index (κ2) is 10.9. The first kappa shape index (κ1) is 27.8. The van der Waals surface area contributed by atoms with Crippen LogP contribution < -0.4 is 20.1 Å². The number of halogens is 6. The number of alkyl halides is 6. The average Bonchev–Trinajstić information content (AvgIpc) is 2.83. The van der Waals surface area contributed by atoms with Gasteiger partial charge < -0.3 is 20.1 Å². The summed E-state index contributed by atoms with van der Waals surface area (Å²) in [4.78, 5) is 24.1. The Hall–Kier alpha value is -4.22. The molecule has 1 atom stereocenters. The largest absolute Gasteiger partial charge is 0.573 e. The first-order valence-electron chi connectivity index (χ1n) is 11.7. The van der Waals surface area contributed by atoms with Gasteiger partial charge in [0.05, 0.1) is 6.42 Å². The summed E-state index contributed by atoms with van der Waals surface area (Å²) in [6.07, 6.45) is -9.95. The van der Waals surface area contributed by atoms with Gasteiger partial charge in [0.1, 0.15) is 17.5 Å². The van der Waals surface area contributed by atoms with Gasteiger partial charge in [0.25, 0.3) is 0 Å². The van der Waals surface area contributed by atoms with Crippen LogP contribution in [0.25, 0.3) is 0 Å². The molecule has 2 N–H and O–H groups in total. The maximum Gasteiger partial charge on any atom is 0.573 e. The van der Waals surface area contributed by atoms with E-state index in [1.165, 1.54) is 24.3 Å². The van der Waals surface area contributed by atoms with Gasteiger partial charge in [0, 0.05) is 12.0 Å². The Morgan fingerprint density at radius 3 is 1.79 bits per heavy atom. The van der Waals surface area contributed by atoms with Crippen molar-refractivity contribution in [3.8, 4) is 11.5 Å². The van der Waals surface area contributed by atoms with E-state index in [-0.39, 0.29) is 36.4 Å². The molecule has 6 nitrogen and oxygen atoms in total. The second-order valence-corrected chi connectivity index (χ2v) is 8.94. The van der Waals surface area contributed by atoms with Crippen molar-refractivity contribution in [3.05, 3.63) is 95.6 Å². The Labute approximate surface area is 218 Å². The molecule has 0 saturated carbocycles. The van der Waals surface area contributed by atoms with Gasteiger partial charge in [-0.25, -0.2) is 0 Å². The molecule has 0 bridgehead atoms. The van der Waals surface area contributed by atoms with Crippen LogP contribution in [0.1, 0.15) is 23.1 Å². The molecular weight excluding hydrogens is 530 g/mol. The van der Waals surface area contributed by atoms with E-state index in [1.54, 1.807) is 30.3 Å². The molecule has 39 heavy (non-hydrogen) atoms. The van der Waals surface area contributed by atoms with Crippen LogP contribution >= 0.6 is 0 Å².